The second kappa shape index (κ2) is 7.47. The molecule has 0 saturated heterocycles. The molecule has 0 aromatic heterocycles. The van der Waals surface area contributed by atoms with Crippen molar-refractivity contribution in [2.75, 3.05) is 0 Å². The van der Waals surface area contributed by atoms with Crippen LogP contribution in [-0.2, 0) is 16.0 Å². The van der Waals surface area contributed by atoms with E-state index in [1.165, 1.54) is 0 Å². The molecule has 0 aliphatic rings. The summed E-state index contributed by atoms with van der Waals surface area (Å²) in [5.74, 6) is -1.00. The number of carbonyl (C=O) groups excluding carboxylic acids is 1. The van der Waals surface area contributed by atoms with Gasteiger partial charge in [-0.2, -0.15) is 0 Å². The zero-order valence-electron chi connectivity index (χ0n) is 11.0. The molecule has 1 aromatic carbocycles. The van der Waals surface area contributed by atoms with Gasteiger partial charge in [-0.3, -0.25) is 4.79 Å². The maximum atomic E-state index is 11.6. The van der Waals surface area contributed by atoms with Gasteiger partial charge in [0.25, 0.3) is 0 Å². The summed E-state index contributed by atoms with van der Waals surface area (Å²) < 4.78 is 1.05. The van der Waals surface area contributed by atoms with Crippen LogP contribution in [0.2, 0.25) is 0 Å². The lowest BCUT2D eigenvalue weighted by Gasteiger charge is -2.15. The van der Waals surface area contributed by atoms with Crippen LogP contribution in [0.5, 0.6) is 0 Å². The van der Waals surface area contributed by atoms with E-state index < -0.39 is 12.0 Å². The Labute approximate surface area is 126 Å². The van der Waals surface area contributed by atoms with Gasteiger partial charge >= 0.3 is 5.97 Å². The normalized spacial score (nSPS) is 12.2. The highest BCUT2D eigenvalue weighted by Crippen LogP contribution is 2.10. The van der Waals surface area contributed by atoms with Gasteiger partial charge in [0.15, 0.2) is 0 Å². The average Bonchev–Trinajstić information content (AvgIpc) is 2.26. The SMILES string of the molecule is CC(C)CC(=O)N[C@H](Cc1cccc(I)c1)C(=O)O. The molecule has 0 unspecified atom stereocenters. The Morgan fingerprint density at radius 1 is 1.37 bits per heavy atom. The molecule has 19 heavy (non-hydrogen) atoms. The van der Waals surface area contributed by atoms with E-state index in [1.54, 1.807) is 0 Å². The van der Waals surface area contributed by atoms with E-state index in [1.807, 2.05) is 38.1 Å². The molecule has 0 bridgehead atoms. The minimum absolute atomic E-state index is 0.215. The third-order valence-electron chi connectivity index (χ3n) is 2.56. The number of halogens is 1. The molecule has 0 spiro atoms. The maximum Gasteiger partial charge on any atom is 0.326 e. The van der Waals surface area contributed by atoms with Crippen molar-refractivity contribution >= 4 is 34.5 Å². The highest BCUT2D eigenvalue weighted by Gasteiger charge is 2.20. The van der Waals surface area contributed by atoms with Crippen molar-refractivity contribution in [1.29, 1.82) is 0 Å². The van der Waals surface area contributed by atoms with E-state index in [9.17, 15) is 14.7 Å². The van der Waals surface area contributed by atoms with E-state index in [-0.39, 0.29) is 11.8 Å². The van der Waals surface area contributed by atoms with Crippen LogP contribution in [0, 0.1) is 9.49 Å². The van der Waals surface area contributed by atoms with Crippen molar-refractivity contribution in [2.24, 2.45) is 5.92 Å². The number of carboxylic acid groups (broad SMARTS) is 1. The predicted octanol–water partition coefficient (Wildman–Crippen LogP) is 2.45. The van der Waals surface area contributed by atoms with Gasteiger partial charge in [-0.15, -0.1) is 0 Å². The van der Waals surface area contributed by atoms with Crippen LogP contribution >= 0.6 is 22.6 Å². The largest absolute Gasteiger partial charge is 0.480 e. The molecule has 1 rings (SSSR count). The van der Waals surface area contributed by atoms with Crippen molar-refractivity contribution in [2.45, 2.75) is 32.7 Å². The molecule has 1 amide bonds. The third-order valence-corrected chi connectivity index (χ3v) is 3.23. The first-order chi connectivity index (χ1) is 8.88. The first kappa shape index (κ1) is 15.9. The fraction of sp³-hybridized carbons (Fsp3) is 0.429. The van der Waals surface area contributed by atoms with Gasteiger partial charge in [0, 0.05) is 16.4 Å². The van der Waals surface area contributed by atoms with Crippen molar-refractivity contribution in [3.05, 3.63) is 33.4 Å². The summed E-state index contributed by atoms with van der Waals surface area (Å²) in [5, 5.41) is 11.7. The van der Waals surface area contributed by atoms with E-state index >= 15 is 0 Å². The van der Waals surface area contributed by atoms with Gasteiger partial charge in [-0.05, 0) is 46.2 Å². The molecular weight excluding hydrogens is 357 g/mol. The van der Waals surface area contributed by atoms with Crippen molar-refractivity contribution in [3.63, 3.8) is 0 Å². The van der Waals surface area contributed by atoms with Crippen LogP contribution in [0.15, 0.2) is 24.3 Å². The van der Waals surface area contributed by atoms with E-state index in [0.29, 0.717) is 12.8 Å². The summed E-state index contributed by atoms with van der Waals surface area (Å²) in [6.07, 6.45) is 0.645. The summed E-state index contributed by atoms with van der Waals surface area (Å²) in [5.41, 5.74) is 0.907. The Morgan fingerprint density at radius 2 is 2.05 bits per heavy atom. The molecule has 0 saturated carbocycles. The molecule has 5 heteroatoms. The number of nitrogens with one attached hydrogen (secondary N) is 1. The van der Waals surface area contributed by atoms with Gasteiger partial charge in [-0.25, -0.2) is 4.79 Å². The van der Waals surface area contributed by atoms with Crippen molar-refractivity contribution < 1.29 is 14.7 Å². The summed E-state index contributed by atoms with van der Waals surface area (Å²) in [6, 6.07) is 6.74. The second-order valence-electron chi connectivity index (χ2n) is 4.89. The minimum Gasteiger partial charge on any atom is -0.480 e. The minimum atomic E-state index is -1.00. The first-order valence-corrected chi connectivity index (χ1v) is 7.23. The number of hydrogen-bond acceptors (Lipinski definition) is 2. The van der Waals surface area contributed by atoms with Crippen LogP contribution in [0.4, 0.5) is 0 Å². The maximum absolute atomic E-state index is 11.6. The molecular formula is C14H18INO3. The molecule has 0 fully saturated rings. The summed E-state index contributed by atoms with van der Waals surface area (Å²) in [7, 11) is 0. The van der Waals surface area contributed by atoms with Crippen LogP contribution in [0.3, 0.4) is 0 Å². The molecule has 0 heterocycles. The molecule has 1 atom stereocenters. The van der Waals surface area contributed by atoms with Crippen LogP contribution in [0.25, 0.3) is 0 Å². The van der Waals surface area contributed by atoms with E-state index in [4.69, 9.17) is 0 Å². The zero-order valence-corrected chi connectivity index (χ0v) is 13.2. The van der Waals surface area contributed by atoms with Gasteiger partial charge in [-0.1, -0.05) is 26.0 Å². The number of benzene rings is 1. The number of rotatable bonds is 6. The third kappa shape index (κ3) is 6.04. The number of amides is 1. The smallest absolute Gasteiger partial charge is 0.326 e. The van der Waals surface area contributed by atoms with Gasteiger partial charge < -0.3 is 10.4 Å². The molecule has 104 valence electrons. The fourth-order valence-corrected chi connectivity index (χ4v) is 2.33. The molecule has 1 aromatic rings. The molecule has 4 nitrogen and oxygen atoms in total. The Hall–Kier alpha value is -1.11. The Balaban J connectivity index is 2.68. The highest BCUT2D eigenvalue weighted by molar-refractivity contribution is 14.1. The number of carbonyl (C=O) groups is 2. The quantitative estimate of drug-likeness (QED) is 0.751. The summed E-state index contributed by atoms with van der Waals surface area (Å²) >= 11 is 2.18. The Kier molecular flexibility index (Phi) is 6.27. The number of hydrogen-bond donors (Lipinski definition) is 2. The lowest BCUT2D eigenvalue weighted by molar-refractivity contribution is -0.141. The number of aliphatic carboxylic acids is 1. The average molecular weight is 375 g/mol. The van der Waals surface area contributed by atoms with Gasteiger partial charge in [0.2, 0.25) is 5.91 Å². The molecule has 0 aliphatic carbocycles. The standard InChI is InChI=1S/C14H18INO3/c1-9(2)6-13(17)16-12(14(18)19)8-10-4-3-5-11(15)7-10/h3-5,7,9,12H,6,8H2,1-2H3,(H,16,17)(H,18,19)/t12-/m1/s1. The van der Waals surface area contributed by atoms with Crippen LogP contribution in [0.1, 0.15) is 25.8 Å². The summed E-state index contributed by atoms with van der Waals surface area (Å²) in [6.45, 7) is 3.85. The van der Waals surface area contributed by atoms with Crippen molar-refractivity contribution in [1.82, 2.24) is 5.32 Å². The highest BCUT2D eigenvalue weighted by atomic mass is 127. The van der Waals surface area contributed by atoms with Crippen molar-refractivity contribution in [3.8, 4) is 0 Å². The lowest BCUT2D eigenvalue weighted by atomic mass is 10.0. The topological polar surface area (TPSA) is 66.4 Å². The molecule has 2 N–H and O–H groups in total. The zero-order chi connectivity index (χ0) is 14.4. The first-order valence-electron chi connectivity index (χ1n) is 6.15. The number of carboxylic acids is 1. The molecule has 0 aliphatic heterocycles. The predicted molar refractivity (Wildman–Crippen MR) is 81.9 cm³/mol. The lowest BCUT2D eigenvalue weighted by Crippen LogP contribution is -2.42. The summed E-state index contributed by atoms with van der Waals surface area (Å²) in [4.78, 5) is 22.8. The van der Waals surface area contributed by atoms with E-state index in [2.05, 4.69) is 27.9 Å². The van der Waals surface area contributed by atoms with Crippen LogP contribution in [-0.4, -0.2) is 23.0 Å². The van der Waals surface area contributed by atoms with Gasteiger partial charge in [0.1, 0.15) is 6.04 Å². The monoisotopic (exact) mass is 375 g/mol. The van der Waals surface area contributed by atoms with Gasteiger partial charge in [0.05, 0.1) is 0 Å². The Morgan fingerprint density at radius 3 is 2.58 bits per heavy atom. The fourth-order valence-electron chi connectivity index (χ4n) is 1.72. The second-order valence-corrected chi connectivity index (χ2v) is 6.14. The van der Waals surface area contributed by atoms with Crippen LogP contribution < -0.4 is 5.32 Å². The van der Waals surface area contributed by atoms with E-state index in [0.717, 1.165) is 9.13 Å². The Bertz CT molecular complexity index is 460. The molecule has 0 radical (unpaired) electrons.